The molecule has 2 aliphatic carbocycles. The molecule has 0 aliphatic heterocycles. The lowest BCUT2D eigenvalue weighted by atomic mass is 9.84. The number of esters is 1. The Bertz CT molecular complexity index is 650. The van der Waals surface area contributed by atoms with Gasteiger partial charge in [0.25, 0.3) is 0 Å². The van der Waals surface area contributed by atoms with E-state index in [9.17, 15) is 9.59 Å². The summed E-state index contributed by atoms with van der Waals surface area (Å²) < 4.78 is 6.69. The van der Waals surface area contributed by atoms with Gasteiger partial charge in [-0.1, -0.05) is 0 Å². The van der Waals surface area contributed by atoms with E-state index in [1.807, 2.05) is 14.0 Å². The minimum absolute atomic E-state index is 0.103. The van der Waals surface area contributed by atoms with Gasteiger partial charge in [0.2, 0.25) is 5.91 Å². The van der Waals surface area contributed by atoms with E-state index in [1.165, 1.54) is 13.2 Å². The molecule has 124 valence electrons. The van der Waals surface area contributed by atoms with Crippen LogP contribution in [0.1, 0.15) is 30.5 Å². The summed E-state index contributed by atoms with van der Waals surface area (Å²) in [6, 6.07) is -0.103. The van der Waals surface area contributed by atoms with Crippen LogP contribution >= 0.6 is 0 Å². The topological polar surface area (TPSA) is 73.2 Å². The molecular weight excluding hydrogens is 294 g/mol. The average Bonchev–Trinajstić information content (AvgIpc) is 3.22. The number of hydrogen-bond donors (Lipinski definition) is 1. The fourth-order valence-corrected chi connectivity index (χ4v) is 4.03. The number of rotatable bonds is 4. The first kappa shape index (κ1) is 15.8. The fourth-order valence-electron chi connectivity index (χ4n) is 4.03. The zero-order chi connectivity index (χ0) is 16.6. The second kappa shape index (κ2) is 6.18. The summed E-state index contributed by atoms with van der Waals surface area (Å²) in [5, 5.41) is 7.17. The number of aryl methyl sites for hydroxylation is 1. The van der Waals surface area contributed by atoms with Crippen molar-refractivity contribution in [3.05, 3.63) is 23.5 Å². The largest absolute Gasteiger partial charge is 0.469 e. The van der Waals surface area contributed by atoms with E-state index in [0.29, 0.717) is 11.8 Å². The van der Waals surface area contributed by atoms with Crippen LogP contribution in [0.2, 0.25) is 0 Å². The van der Waals surface area contributed by atoms with Crippen LogP contribution < -0.4 is 5.32 Å². The summed E-state index contributed by atoms with van der Waals surface area (Å²) in [6.45, 7) is 1.95. The molecule has 6 nitrogen and oxygen atoms in total. The van der Waals surface area contributed by atoms with Crippen molar-refractivity contribution in [2.45, 2.75) is 32.2 Å². The van der Waals surface area contributed by atoms with Gasteiger partial charge in [0, 0.05) is 30.4 Å². The molecule has 4 atom stereocenters. The lowest BCUT2D eigenvalue weighted by Gasteiger charge is -2.29. The van der Waals surface area contributed by atoms with Crippen LogP contribution in [0.25, 0.3) is 6.08 Å². The lowest BCUT2D eigenvalue weighted by molar-refractivity contribution is -0.148. The van der Waals surface area contributed by atoms with E-state index in [2.05, 4.69) is 10.4 Å². The third-order valence-corrected chi connectivity index (χ3v) is 5.39. The van der Waals surface area contributed by atoms with Gasteiger partial charge in [-0.15, -0.1) is 0 Å². The zero-order valence-corrected chi connectivity index (χ0v) is 13.8. The van der Waals surface area contributed by atoms with Crippen molar-refractivity contribution in [1.29, 1.82) is 0 Å². The van der Waals surface area contributed by atoms with Crippen molar-refractivity contribution in [2.24, 2.45) is 24.8 Å². The van der Waals surface area contributed by atoms with E-state index in [4.69, 9.17) is 4.74 Å². The SMILES string of the molecule is COC(=O)[C@@H]1[C@@H]2CC[C@@H](C2)[C@@H]1NC(=O)/C=C/c1cnn(C)c1C. The highest BCUT2D eigenvalue weighted by Crippen LogP contribution is 2.48. The van der Waals surface area contributed by atoms with Crippen molar-refractivity contribution in [3.63, 3.8) is 0 Å². The van der Waals surface area contributed by atoms with E-state index in [1.54, 1.807) is 17.0 Å². The van der Waals surface area contributed by atoms with Crippen molar-refractivity contribution in [2.75, 3.05) is 7.11 Å². The Morgan fingerprint density at radius 2 is 2.13 bits per heavy atom. The Hall–Kier alpha value is -2.11. The van der Waals surface area contributed by atoms with Crippen molar-refractivity contribution in [3.8, 4) is 0 Å². The Balaban J connectivity index is 1.67. The molecule has 6 heteroatoms. The summed E-state index contributed by atoms with van der Waals surface area (Å²) in [7, 11) is 3.28. The molecule has 2 saturated carbocycles. The number of hydrogen-bond acceptors (Lipinski definition) is 4. The van der Waals surface area contributed by atoms with E-state index < -0.39 is 0 Å². The van der Waals surface area contributed by atoms with Gasteiger partial charge < -0.3 is 10.1 Å². The molecule has 1 amide bonds. The zero-order valence-electron chi connectivity index (χ0n) is 13.8. The molecule has 1 aromatic heterocycles. The monoisotopic (exact) mass is 317 g/mol. The average molecular weight is 317 g/mol. The van der Waals surface area contributed by atoms with E-state index in [-0.39, 0.29) is 23.8 Å². The maximum atomic E-state index is 12.2. The van der Waals surface area contributed by atoms with Gasteiger partial charge in [0.1, 0.15) is 0 Å². The summed E-state index contributed by atoms with van der Waals surface area (Å²) in [5.74, 6) is 0.175. The summed E-state index contributed by atoms with van der Waals surface area (Å²) >= 11 is 0. The molecular formula is C17H23N3O3. The normalized spacial score (nSPS) is 29.2. The van der Waals surface area contributed by atoms with Crippen LogP contribution in [0.5, 0.6) is 0 Å². The highest BCUT2D eigenvalue weighted by molar-refractivity contribution is 5.92. The third-order valence-electron chi connectivity index (χ3n) is 5.39. The first-order valence-corrected chi connectivity index (χ1v) is 8.06. The highest BCUT2D eigenvalue weighted by atomic mass is 16.5. The van der Waals surface area contributed by atoms with Gasteiger partial charge in [0.05, 0.1) is 19.2 Å². The van der Waals surface area contributed by atoms with Crippen molar-refractivity contribution >= 4 is 18.0 Å². The Kier molecular flexibility index (Phi) is 4.24. The molecule has 2 fully saturated rings. The molecule has 0 unspecified atom stereocenters. The number of ether oxygens (including phenoxy) is 1. The summed E-state index contributed by atoms with van der Waals surface area (Å²) in [6.07, 6.45) is 8.16. The number of aromatic nitrogens is 2. The predicted octanol–water partition coefficient (Wildman–Crippen LogP) is 1.45. The second-order valence-electron chi connectivity index (χ2n) is 6.56. The minimum Gasteiger partial charge on any atom is -0.469 e. The molecule has 2 bridgehead atoms. The Morgan fingerprint density at radius 3 is 2.78 bits per heavy atom. The van der Waals surface area contributed by atoms with Gasteiger partial charge >= 0.3 is 5.97 Å². The number of carbonyl (C=O) groups excluding carboxylic acids is 2. The van der Waals surface area contributed by atoms with Crippen LogP contribution in [0.15, 0.2) is 12.3 Å². The maximum absolute atomic E-state index is 12.2. The highest BCUT2D eigenvalue weighted by Gasteiger charge is 2.51. The maximum Gasteiger partial charge on any atom is 0.311 e. The molecule has 0 spiro atoms. The number of fused-ring (bicyclic) bond motifs is 2. The standard InChI is InChI=1S/C17H23N3O3/c1-10-13(9-18-20(10)2)6-7-14(21)19-16-12-5-4-11(8-12)15(16)17(22)23-3/h6-7,9,11-12,15-16H,4-5,8H2,1-3H3,(H,19,21)/b7-6+/t11-,12+,15-,16+/m1/s1. The first-order chi connectivity index (χ1) is 11.0. The predicted molar refractivity (Wildman–Crippen MR) is 85.2 cm³/mol. The number of nitrogens with zero attached hydrogens (tertiary/aromatic N) is 2. The number of nitrogens with one attached hydrogen (secondary N) is 1. The number of carbonyl (C=O) groups is 2. The fraction of sp³-hybridized carbons (Fsp3) is 0.588. The summed E-state index contributed by atoms with van der Waals surface area (Å²) in [5.41, 5.74) is 1.92. The number of methoxy groups -OCH3 is 1. The second-order valence-corrected chi connectivity index (χ2v) is 6.56. The van der Waals surface area contributed by atoms with Gasteiger partial charge in [-0.3, -0.25) is 14.3 Å². The van der Waals surface area contributed by atoms with Crippen LogP contribution in [0.3, 0.4) is 0 Å². The molecule has 0 radical (unpaired) electrons. The molecule has 23 heavy (non-hydrogen) atoms. The van der Waals surface area contributed by atoms with Crippen molar-refractivity contribution < 1.29 is 14.3 Å². The minimum atomic E-state index is -0.199. The van der Waals surface area contributed by atoms with Gasteiger partial charge in [0.15, 0.2) is 0 Å². The van der Waals surface area contributed by atoms with Crippen LogP contribution in [-0.4, -0.2) is 34.8 Å². The number of amides is 1. The third kappa shape index (κ3) is 2.90. The van der Waals surface area contributed by atoms with Gasteiger partial charge in [-0.2, -0.15) is 5.10 Å². The molecule has 0 saturated heterocycles. The summed E-state index contributed by atoms with van der Waals surface area (Å²) in [4.78, 5) is 24.3. The quantitative estimate of drug-likeness (QED) is 0.674. The van der Waals surface area contributed by atoms with E-state index in [0.717, 1.165) is 30.5 Å². The Morgan fingerprint density at radius 1 is 1.39 bits per heavy atom. The molecule has 1 aromatic rings. The molecule has 2 aliphatic rings. The van der Waals surface area contributed by atoms with Crippen LogP contribution in [0, 0.1) is 24.7 Å². The molecule has 0 aromatic carbocycles. The van der Waals surface area contributed by atoms with Crippen LogP contribution in [-0.2, 0) is 21.4 Å². The molecule has 3 rings (SSSR count). The van der Waals surface area contributed by atoms with Crippen LogP contribution in [0.4, 0.5) is 0 Å². The van der Waals surface area contributed by atoms with Crippen molar-refractivity contribution in [1.82, 2.24) is 15.1 Å². The van der Waals surface area contributed by atoms with Gasteiger partial charge in [-0.05, 0) is 44.1 Å². The smallest absolute Gasteiger partial charge is 0.311 e. The first-order valence-electron chi connectivity index (χ1n) is 8.06. The Labute approximate surface area is 135 Å². The van der Waals surface area contributed by atoms with E-state index >= 15 is 0 Å². The lowest BCUT2D eigenvalue weighted by Crippen LogP contribution is -2.46. The molecule has 1 N–H and O–H groups in total. The van der Waals surface area contributed by atoms with Gasteiger partial charge in [-0.25, -0.2) is 0 Å². The molecule has 1 heterocycles.